The van der Waals surface area contributed by atoms with Gasteiger partial charge in [-0.2, -0.15) is 0 Å². The summed E-state index contributed by atoms with van der Waals surface area (Å²) >= 11 is 0.996. The number of aliphatic hydroxyl groups excluding tert-OH is 1. The number of hydrogen-bond donors (Lipinski definition) is 1. The monoisotopic (exact) mass is 604 g/mol. The van der Waals surface area contributed by atoms with Crippen molar-refractivity contribution in [2.45, 2.75) is 72.8 Å². The summed E-state index contributed by atoms with van der Waals surface area (Å²) in [6.45, 7) is 14.8. The fourth-order valence-corrected chi connectivity index (χ4v) is 5.68. The number of carbonyl (C=O) groups excluding carboxylic acids is 3. The van der Waals surface area contributed by atoms with Crippen LogP contribution in [0, 0.1) is 12.8 Å². The fourth-order valence-electron chi connectivity index (χ4n) is 4.69. The summed E-state index contributed by atoms with van der Waals surface area (Å²) in [5, 5.41) is 11.7. The van der Waals surface area contributed by atoms with Crippen LogP contribution in [-0.2, 0) is 19.7 Å². The zero-order valence-electron chi connectivity index (χ0n) is 25.9. The van der Waals surface area contributed by atoms with Gasteiger partial charge in [-0.15, -0.1) is 0 Å². The second kappa shape index (κ2) is 13.1. The number of rotatable bonds is 10. The molecule has 3 aromatic rings. The third-order valence-electron chi connectivity index (χ3n) is 7.16. The van der Waals surface area contributed by atoms with Crippen LogP contribution in [0.2, 0.25) is 0 Å². The van der Waals surface area contributed by atoms with E-state index in [1.165, 1.54) is 4.90 Å². The molecule has 0 aliphatic carbocycles. The third-order valence-corrected chi connectivity index (χ3v) is 8.29. The molecule has 4 rings (SSSR count). The Morgan fingerprint density at radius 2 is 1.72 bits per heavy atom. The summed E-state index contributed by atoms with van der Waals surface area (Å²) in [4.78, 5) is 46.1. The lowest BCUT2D eigenvalue weighted by atomic mass is 9.85. The van der Waals surface area contributed by atoms with Gasteiger partial charge >= 0.3 is 11.9 Å². The molecule has 2 heterocycles. The summed E-state index contributed by atoms with van der Waals surface area (Å²) < 4.78 is 11.2. The lowest BCUT2D eigenvalue weighted by molar-refractivity contribution is -0.132. The van der Waals surface area contributed by atoms with Gasteiger partial charge in [0.25, 0.3) is 5.78 Å². The van der Waals surface area contributed by atoms with E-state index in [1.54, 1.807) is 31.2 Å². The minimum atomic E-state index is -0.959. The summed E-state index contributed by atoms with van der Waals surface area (Å²) in [5.41, 5.74) is 2.32. The van der Waals surface area contributed by atoms with Crippen molar-refractivity contribution >= 4 is 39.9 Å². The van der Waals surface area contributed by atoms with E-state index in [2.05, 4.69) is 32.7 Å². The van der Waals surface area contributed by atoms with Crippen molar-refractivity contribution in [3.8, 4) is 5.75 Å². The Bertz CT molecular complexity index is 1510. The van der Waals surface area contributed by atoms with Gasteiger partial charge in [-0.1, -0.05) is 83.6 Å². The number of benzene rings is 2. The second-order valence-electron chi connectivity index (χ2n) is 12.2. The first-order valence-electron chi connectivity index (χ1n) is 14.6. The van der Waals surface area contributed by atoms with Gasteiger partial charge in [0.15, 0.2) is 5.13 Å². The van der Waals surface area contributed by atoms with Crippen LogP contribution in [0.5, 0.6) is 5.75 Å². The number of thiazole rings is 1. The van der Waals surface area contributed by atoms with Crippen LogP contribution in [0.1, 0.15) is 92.5 Å². The highest BCUT2D eigenvalue weighted by Gasteiger charge is 2.48. The van der Waals surface area contributed by atoms with Crippen LogP contribution in [0.3, 0.4) is 0 Å². The molecule has 1 unspecified atom stereocenters. The molecular formula is C34H40N2O6S. The summed E-state index contributed by atoms with van der Waals surface area (Å²) in [6.07, 6.45) is 1.93. The number of esters is 1. The van der Waals surface area contributed by atoms with Crippen molar-refractivity contribution in [3.63, 3.8) is 0 Å². The molecule has 1 fully saturated rings. The molecule has 9 heteroatoms. The number of nitrogens with zero attached hydrogens (tertiary/aromatic N) is 2. The second-order valence-corrected chi connectivity index (χ2v) is 13.1. The highest BCUT2D eigenvalue weighted by Crippen LogP contribution is 2.44. The Hall–Kier alpha value is -3.98. The molecule has 228 valence electrons. The van der Waals surface area contributed by atoms with Crippen LogP contribution < -0.4 is 9.64 Å². The van der Waals surface area contributed by atoms with Gasteiger partial charge in [0.1, 0.15) is 16.4 Å². The van der Waals surface area contributed by atoms with E-state index in [-0.39, 0.29) is 39.3 Å². The first-order chi connectivity index (χ1) is 20.3. The van der Waals surface area contributed by atoms with Crippen LogP contribution in [0.4, 0.5) is 5.13 Å². The van der Waals surface area contributed by atoms with Crippen molar-refractivity contribution < 1.29 is 29.0 Å². The molecule has 1 aliphatic heterocycles. The van der Waals surface area contributed by atoms with Crippen LogP contribution >= 0.6 is 11.3 Å². The third kappa shape index (κ3) is 6.99. The van der Waals surface area contributed by atoms with Crippen molar-refractivity contribution in [1.82, 2.24) is 4.98 Å². The predicted molar refractivity (Wildman–Crippen MR) is 169 cm³/mol. The number of unbranched alkanes of at least 4 members (excludes halogenated alkanes) is 1. The first-order valence-corrected chi connectivity index (χ1v) is 15.4. The highest BCUT2D eigenvalue weighted by atomic mass is 32.1. The number of amides is 1. The van der Waals surface area contributed by atoms with Gasteiger partial charge in [0, 0.05) is 5.56 Å². The number of Topliss-reactive ketones (excluding diaryl/α,β-unsaturated/α-hetero) is 1. The van der Waals surface area contributed by atoms with Crippen LogP contribution in [-0.4, -0.2) is 41.0 Å². The molecule has 0 radical (unpaired) electrons. The lowest BCUT2D eigenvalue weighted by Crippen LogP contribution is -2.29. The van der Waals surface area contributed by atoms with Gasteiger partial charge in [-0.25, -0.2) is 9.78 Å². The lowest BCUT2D eigenvalue weighted by Gasteiger charge is -2.24. The smallest absolute Gasteiger partial charge is 0.350 e. The quantitative estimate of drug-likeness (QED) is 0.0847. The van der Waals surface area contributed by atoms with Gasteiger partial charge < -0.3 is 14.6 Å². The van der Waals surface area contributed by atoms with E-state index < -0.39 is 23.7 Å². The van der Waals surface area contributed by atoms with Gasteiger partial charge in [-0.3, -0.25) is 14.5 Å². The summed E-state index contributed by atoms with van der Waals surface area (Å²) in [5.74, 6) is -1.68. The minimum Gasteiger partial charge on any atom is -0.507 e. The van der Waals surface area contributed by atoms with Crippen molar-refractivity contribution in [2.24, 2.45) is 5.92 Å². The molecule has 0 spiro atoms. The standard InChI is InChI=1S/C34H40N2O6S/c1-8-9-18-41-25-16-12-23(13-17-25)28(37)26-27(22-10-14-24(15-11-22)34(5,6)7)36(31(39)29(26)38)33-35-21(4)30(43-33)32(40)42-19-20(2)3/h10-17,20,27,37H,8-9,18-19H2,1-7H3. The minimum absolute atomic E-state index is 0.0510. The topological polar surface area (TPSA) is 106 Å². The predicted octanol–water partition coefficient (Wildman–Crippen LogP) is 7.37. The molecule has 1 atom stereocenters. The average Bonchev–Trinajstić information content (AvgIpc) is 3.47. The van der Waals surface area contributed by atoms with Crippen molar-refractivity contribution in [3.05, 3.63) is 81.4 Å². The van der Waals surface area contributed by atoms with Gasteiger partial charge in [0.05, 0.1) is 30.5 Å². The number of carbonyl (C=O) groups is 3. The average molecular weight is 605 g/mol. The molecule has 8 nitrogen and oxygen atoms in total. The first kappa shape index (κ1) is 31.9. The Balaban J connectivity index is 1.80. The normalized spacial score (nSPS) is 16.7. The van der Waals surface area contributed by atoms with Crippen LogP contribution in [0.25, 0.3) is 5.76 Å². The number of aromatic nitrogens is 1. The molecule has 1 N–H and O–H groups in total. The van der Waals surface area contributed by atoms with E-state index in [9.17, 15) is 19.5 Å². The summed E-state index contributed by atoms with van der Waals surface area (Å²) in [6, 6.07) is 13.5. The maximum atomic E-state index is 13.6. The van der Waals surface area contributed by atoms with Crippen LogP contribution in [0.15, 0.2) is 54.1 Å². The molecule has 2 aromatic carbocycles. The number of anilines is 1. The molecule has 0 saturated carbocycles. The molecule has 0 bridgehead atoms. The fraction of sp³-hybridized carbons (Fsp3) is 0.412. The molecular weight excluding hydrogens is 564 g/mol. The Labute approximate surface area is 257 Å². The SMILES string of the molecule is CCCCOc1ccc(C(O)=C2C(=O)C(=O)N(c3nc(C)c(C(=O)OCC(C)C)s3)C2c2ccc(C(C)(C)C)cc2)cc1. The molecule has 1 aliphatic rings. The zero-order valence-corrected chi connectivity index (χ0v) is 26.7. The van der Waals surface area contributed by atoms with Crippen molar-refractivity contribution in [2.75, 3.05) is 18.1 Å². The molecule has 1 saturated heterocycles. The maximum absolute atomic E-state index is 13.6. The number of ether oxygens (including phenoxy) is 2. The van der Waals surface area contributed by atoms with E-state index in [1.807, 2.05) is 38.1 Å². The number of aryl methyl sites for hydroxylation is 1. The molecule has 1 aromatic heterocycles. The van der Waals surface area contributed by atoms with E-state index in [0.717, 1.165) is 29.7 Å². The summed E-state index contributed by atoms with van der Waals surface area (Å²) in [7, 11) is 0. The number of hydrogen-bond acceptors (Lipinski definition) is 8. The van der Waals surface area contributed by atoms with E-state index in [0.29, 0.717) is 29.2 Å². The molecule has 1 amide bonds. The zero-order chi connectivity index (χ0) is 31.5. The van der Waals surface area contributed by atoms with E-state index in [4.69, 9.17) is 9.47 Å². The Kier molecular flexibility index (Phi) is 9.75. The number of aliphatic hydroxyl groups is 1. The highest BCUT2D eigenvalue weighted by molar-refractivity contribution is 7.17. The largest absolute Gasteiger partial charge is 0.507 e. The number of ketones is 1. The maximum Gasteiger partial charge on any atom is 0.350 e. The Morgan fingerprint density at radius 3 is 2.30 bits per heavy atom. The van der Waals surface area contributed by atoms with E-state index >= 15 is 0 Å². The Morgan fingerprint density at radius 1 is 1.07 bits per heavy atom. The molecule has 43 heavy (non-hydrogen) atoms. The van der Waals surface area contributed by atoms with Gasteiger partial charge in [-0.05, 0) is 60.1 Å². The van der Waals surface area contributed by atoms with Crippen molar-refractivity contribution in [1.29, 1.82) is 0 Å². The van der Waals surface area contributed by atoms with Gasteiger partial charge in [0.2, 0.25) is 0 Å².